The Morgan fingerprint density at radius 3 is 2.65 bits per heavy atom. The van der Waals surface area contributed by atoms with Crippen LogP contribution in [-0.2, 0) is 10.0 Å². The van der Waals surface area contributed by atoms with Gasteiger partial charge in [0, 0.05) is 12.1 Å². The Morgan fingerprint density at radius 1 is 1.47 bits per heavy atom. The van der Waals surface area contributed by atoms with Gasteiger partial charge in [-0.3, -0.25) is 4.79 Å². The highest BCUT2D eigenvalue weighted by Crippen LogP contribution is 2.17. The monoisotopic (exact) mass is 279 g/mol. The molecule has 0 atom stereocenters. The van der Waals surface area contributed by atoms with E-state index in [-0.39, 0.29) is 12.1 Å². The highest BCUT2D eigenvalue weighted by atomic mass is 35.5. The van der Waals surface area contributed by atoms with Crippen LogP contribution in [0.15, 0.2) is 23.1 Å². The fourth-order valence-electron chi connectivity index (χ4n) is 1.15. The minimum Gasteiger partial charge on any atom is -0.276 e. The first-order valence-electron chi connectivity index (χ1n) is 4.87. The second kappa shape index (κ2) is 5.57. The number of carbonyl (C=O) groups is 1. The number of sulfonamides is 1. The van der Waals surface area contributed by atoms with Gasteiger partial charge in [-0.15, -0.1) is 0 Å². The summed E-state index contributed by atoms with van der Waals surface area (Å²) in [6.07, 6.45) is 0.578. The van der Waals surface area contributed by atoms with Gasteiger partial charge >= 0.3 is 0 Å². The minimum atomic E-state index is -3.94. The maximum atomic E-state index is 13.4. The highest BCUT2D eigenvalue weighted by Gasteiger charge is 2.20. The minimum absolute atomic E-state index is 0.0649. The Labute approximate surface area is 104 Å². The summed E-state index contributed by atoms with van der Waals surface area (Å²) >= 11 is 5.21. The number of hydrogen-bond donors (Lipinski definition) is 1. The van der Waals surface area contributed by atoms with Crippen molar-refractivity contribution in [1.29, 1.82) is 0 Å². The van der Waals surface area contributed by atoms with Crippen molar-refractivity contribution in [3.05, 3.63) is 29.6 Å². The average Bonchev–Trinajstić information content (AvgIpc) is 2.26. The normalized spacial score (nSPS) is 11.5. The SMILES string of the molecule is CCCNS(=O)(=O)c1cc(C(=O)Cl)ccc1F. The van der Waals surface area contributed by atoms with Gasteiger partial charge in [-0.1, -0.05) is 6.92 Å². The Hall–Kier alpha value is -0.980. The highest BCUT2D eigenvalue weighted by molar-refractivity contribution is 7.89. The van der Waals surface area contributed by atoms with Crippen LogP contribution in [0.3, 0.4) is 0 Å². The number of benzene rings is 1. The summed E-state index contributed by atoms with van der Waals surface area (Å²) in [4.78, 5) is 10.3. The molecular formula is C10H11ClFNO3S. The zero-order chi connectivity index (χ0) is 13.1. The van der Waals surface area contributed by atoms with Crippen molar-refractivity contribution in [3.63, 3.8) is 0 Å². The molecule has 1 aromatic rings. The molecule has 0 aliphatic heterocycles. The Morgan fingerprint density at radius 2 is 2.12 bits per heavy atom. The molecule has 17 heavy (non-hydrogen) atoms. The van der Waals surface area contributed by atoms with Crippen molar-refractivity contribution in [2.45, 2.75) is 18.2 Å². The molecule has 0 spiro atoms. The van der Waals surface area contributed by atoms with E-state index in [2.05, 4.69) is 4.72 Å². The lowest BCUT2D eigenvalue weighted by molar-refractivity contribution is 0.108. The van der Waals surface area contributed by atoms with Crippen LogP contribution in [0.2, 0.25) is 0 Å². The van der Waals surface area contributed by atoms with E-state index in [1.807, 2.05) is 0 Å². The van der Waals surface area contributed by atoms with Crippen molar-refractivity contribution in [3.8, 4) is 0 Å². The van der Waals surface area contributed by atoms with Crippen LogP contribution < -0.4 is 4.72 Å². The van der Waals surface area contributed by atoms with Gasteiger partial charge in [-0.25, -0.2) is 17.5 Å². The van der Waals surface area contributed by atoms with E-state index in [1.165, 1.54) is 0 Å². The molecule has 0 saturated heterocycles. The molecule has 0 bridgehead atoms. The van der Waals surface area contributed by atoms with Crippen LogP contribution in [0, 0.1) is 5.82 Å². The van der Waals surface area contributed by atoms with Crippen molar-refractivity contribution < 1.29 is 17.6 Å². The molecule has 7 heteroatoms. The summed E-state index contributed by atoms with van der Waals surface area (Å²) in [7, 11) is -3.94. The molecule has 0 unspecified atom stereocenters. The Bertz CT molecular complexity index is 530. The van der Waals surface area contributed by atoms with Gasteiger partial charge in [0.05, 0.1) is 0 Å². The molecule has 0 aromatic heterocycles. The maximum absolute atomic E-state index is 13.4. The summed E-state index contributed by atoms with van der Waals surface area (Å²) in [6.45, 7) is 1.97. The molecule has 0 aliphatic carbocycles. The number of halogens is 2. The summed E-state index contributed by atoms with van der Waals surface area (Å²) in [6, 6.07) is 2.95. The topological polar surface area (TPSA) is 63.2 Å². The van der Waals surface area contributed by atoms with Crippen LogP contribution in [0.25, 0.3) is 0 Å². The molecule has 1 rings (SSSR count). The van der Waals surface area contributed by atoms with Crippen molar-refractivity contribution in [2.24, 2.45) is 0 Å². The van der Waals surface area contributed by atoms with Gasteiger partial charge in [0.2, 0.25) is 10.0 Å². The van der Waals surface area contributed by atoms with Crippen LogP contribution in [0.5, 0.6) is 0 Å². The molecule has 0 radical (unpaired) electrons. The predicted octanol–water partition coefficient (Wildman–Crippen LogP) is 1.89. The first-order valence-corrected chi connectivity index (χ1v) is 6.73. The Balaban J connectivity index is 3.20. The van der Waals surface area contributed by atoms with E-state index < -0.39 is 26.0 Å². The summed E-state index contributed by atoms with van der Waals surface area (Å²) < 4.78 is 39.0. The van der Waals surface area contributed by atoms with Crippen LogP contribution in [-0.4, -0.2) is 20.2 Å². The predicted molar refractivity (Wildman–Crippen MR) is 62.1 cm³/mol. The number of rotatable bonds is 5. The second-order valence-corrected chi connectivity index (χ2v) is 5.40. The van der Waals surface area contributed by atoms with Crippen molar-refractivity contribution in [2.75, 3.05) is 6.54 Å². The van der Waals surface area contributed by atoms with E-state index in [0.717, 1.165) is 18.2 Å². The van der Waals surface area contributed by atoms with Gasteiger partial charge in [-0.05, 0) is 36.2 Å². The first-order chi connectivity index (χ1) is 7.88. The summed E-state index contributed by atoms with van der Waals surface area (Å²) in [5.74, 6) is -0.921. The fourth-order valence-corrected chi connectivity index (χ4v) is 2.50. The standard InChI is InChI=1S/C10H11ClFNO3S/c1-2-5-13-17(15,16)9-6-7(10(11)14)3-4-8(9)12/h3-4,6,13H,2,5H2,1H3. The molecule has 0 fully saturated rings. The first kappa shape index (κ1) is 14.1. The molecule has 0 saturated carbocycles. The largest absolute Gasteiger partial charge is 0.276 e. The molecule has 0 heterocycles. The third-order valence-corrected chi connectivity index (χ3v) is 3.68. The van der Waals surface area contributed by atoms with Gasteiger partial charge in [0.25, 0.3) is 5.24 Å². The fraction of sp³-hybridized carbons (Fsp3) is 0.300. The van der Waals surface area contributed by atoms with Gasteiger partial charge in [0.1, 0.15) is 10.7 Å². The smallest absolute Gasteiger partial charge is 0.252 e. The zero-order valence-corrected chi connectivity index (χ0v) is 10.6. The van der Waals surface area contributed by atoms with Crippen LogP contribution in [0.1, 0.15) is 23.7 Å². The van der Waals surface area contributed by atoms with Gasteiger partial charge < -0.3 is 0 Å². The van der Waals surface area contributed by atoms with Crippen molar-refractivity contribution in [1.82, 2.24) is 4.72 Å². The average molecular weight is 280 g/mol. The molecule has 94 valence electrons. The quantitative estimate of drug-likeness (QED) is 0.837. The molecule has 1 aromatic carbocycles. The van der Waals surface area contributed by atoms with E-state index in [0.29, 0.717) is 6.42 Å². The lowest BCUT2D eigenvalue weighted by atomic mass is 10.2. The van der Waals surface area contributed by atoms with Crippen molar-refractivity contribution >= 4 is 26.9 Å². The van der Waals surface area contributed by atoms with Gasteiger partial charge in [0.15, 0.2) is 0 Å². The van der Waals surface area contributed by atoms with E-state index in [1.54, 1.807) is 6.92 Å². The van der Waals surface area contributed by atoms with Crippen LogP contribution in [0.4, 0.5) is 4.39 Å². The molecule has 1 N–H and O–H groups in total. The second-order valence-electron chi connectivity index (χ2n) is 3.32. The number of carbonyl (C=O) groups excluding carboxylic acids is 1. The molecule has 4 nitrogen and oxygen atoms in total. The van der Waals surface area contributed by atoms with Crippen LogP contribution >= 0.6 is 11.6 Å². The number of hydrogen-bond acceptors (Lipinski definition) is 3. The van der Waals surface area contributed by atoms with E-state index in [9.17, 15) is 17.6 Å². The summed E-state index contributed by atoms with van der Waals surface area (Å²) in [5.41, 5.74) is -0.0649. The molecular weight excluding hydrogens is 269 g/mol. The van der Waals surface area contributed by atoms with Gasteiger partial charge in [-0.2, -0.15) is 0 Å². The summed E-state index contributed by atoms with van der Waals surface area (Å²) in [5, 5.41) is -0.836. The van der Waals surface area contributed by atoms with E-state index >= 15 is 0 Å². The van der Waals surface area contributed by atoms with E-state index in [4.69, 9.17) is 11.6 Å². The molecule has 0 aliphatic rings. The number of nitrogens with one attached hydrogen (secondary N) is 1. The lowest BCUT2D eigenvalue weighted by Crippen LogP contribution is -2.25. The zero-order valence-electron chi connectivity index (χ0n) is 9.04. The molecule has 0 amide bonds. The third-order valence-electron chi connectivity index (χ3n) is 1.99. The maximum Gasteiger partial charge on any atom is 0.252 e. The lowest BCUT2D eigenvalue weighted by Gasteiger charge is -2.07. The Kier molecular flexibility index (Phi) is 4.62. The third kappa shape index (κ3) is 3.49.